The number of rotatable bonds is 3. The molecule has 0 aliphatic rings. The van der Waals surface area contributed by atoms with Crippen LogP contribution in [-0.2, 0) is 16.0 Å². The summed E-state index contributed by atoms with van der Waals surface area (Å²) >= 11 is 0. The first kappa shape index (κ1) is 20.2. The molecule has 154 valence electrons. The topological polar surface area (TPSA) is 51.4 Å². The number of pyridine rings is 1. The number of sulfone groups is 1. The average Bonchev–Trinajstić information content (AvgIpc) is 3.10. The van der Waals surface area contributed by atoms with Crippen molar-refractivity contribution in [1.82, 2.24) is 9.38 Å². The molecule has 2 heterocycles. The Balaban J connectivity index is 1.97. The Morgan fingerprint density at radius 2 is 1.63 bits per heavy atom. The Morgan fingerprint density at radius 3 is 2.23 bits per heavy atom. The molecule has 8 heteroatoms. The van der Waals surface area contributed by atoms with Crippen molar-refractivity contribution >= 4 is 15.5 Å². The zero-order valence-electron chi connectivity index (χ0n) is 16.1. The second-order valence-corrected chi connectivity index (χ2v) is 9.10. The van der Waals surface area contributed by atoms with Crippen LogP contribution in [0.25, 0.3) is 28.0 Å². The van der Waals surface area contributed by atoms with Crippen LogP contribution in [-0.4, -0.2) is 24.1 Å². The molecule has 2 aromatic carbocycles. The zero-order chi connectivity index (χ0) is 21.7. The van der Waals surface area contributed by atoms with Crippen molar-refractivity contribution in [1.29, 1.82) is 0 Å². The third-order valence-electron chi connectivity index (χ3n) is 4.95. The largest absolute Gasteiger partial charge is 0.420 e. The van der Waals surface area contributed by atoms with Crippen molar-refractivity contribution < 1.29 is 21.6 Å². The van der Waals surface area contributed by atoms with Gasteiger partial charge < -0.3 is 0 Å². The normalized spacial score (nSPS) is 12.4. The van der Waals surface area contributed by atoms with Gasteiger partial charge in [-0.2, -0.15) is 13.2 Å². The van der Waals surface area contributed by atoms with E-state index >= 15 is 0 Å². The third-order valence-corrected chi connectivity index (χ3v) is 6.07. The van der Waals surface area contributed by atoms with Gasteiger partial charge in [-0.15, -0.1) is 0 Å². The second-order valence-electron chi connectivity index (χ2n) is 7.09. The summed E-state index contributed by atoms with van der Waals surface area (Å²) in [6.07, 6.45) is -0.496. The molecule has 0 radical (unpaired) electrons. The molecule has 0 atom stereocenters. The molecular weight excluding hydrogens is 413 g/mol. The van der Waals surface area contributed by atoms with Crippen molar-refractivity contribution in [3.63, 3.8) is 0 Å². The predicted molar refractivity (Wildman–Crippen MR) is 109 cm³/mol. The van der Waals surface area contributed by atoms with E-state index in [0.717, 1.165) is 17.9 Å². The van der Waals surface area contributed by atoms with Gasteiger partial charge in [0, 0.05) is 18.0 Å². The lowest BCUT2D eigenvalue weighted by atomic mass is 10.0. The first-order chi connectivity index (χ1) is 14.1. The monoisotopic (exact) mass is 430 g/mol. The highest BCUT2D eigenvalue weighted by atomic mass is 32.2. The lowest BCUT2D eigenvalue weighted by Crippen LogP contribution is -2.09. The van der Waals surface area contributed by atoms with E-state index in [2.05, 4.69) is 4.98 Å². The van der Waals surface area contributed by atoms with E-state index in [9.17, 15) is 21.6 Å². The number of benzene rings is 2. The van der Waals surface area contributed by atoms with Gasteiger partial charge >= 0.3 is 6.18 Å². The highest BCUT2D eigenvalue weighted by molar-refractivity contribution is 7.90. The standard InChI is InChI=1S/C22H17F3N2O2S/c1-14-5-3-4-6-18(14)16-11-19(22(23,24)25)21-26-12-20(27(21)13-16)15-7-9-17(10-8-15)30(2,28)29/h3-13H,1-2H3. The van der Waals surface area contributed by atoms with Gasteiger partial charge in [0.2, 0.25) is 0 Å². The molecule has 30 heavy (non-hydrogen) atoms. The molecule has 0 fully saturated rings. The molecular formula is C22H17F3N2O2S. The summed E-state index contributed by atoms with van der Waals surface area (Å²) in [4.78, 5) is 4.15. The summed E-state index contributed by atoms with van der Waals surface area (Å²) in [6.45, 7) is 1.84. The zero-order valence-corrected chi connectivity index (χ0v) is 16.9. The Hall–Kier alpha value is -3.13. The predicted octanol–water partition coefficient (Wildman–Crippen LogP) is 5.40. The van der Waals surface area contributed by atoms with Crippen molar-refractivity contribution in [3.8, 4) is 22.4 Å². The minimum absolute atomic E-state index is 0.136. The van der Waals surface area contributed by atoms with Crippen LogP contribution in [0.2, 0.25) is 0 Å². The summed E-state index contributed by atoms with van der Waals surface area (Å²) in [7, 11) is -3.38. The fourth-order valence-corrected chi connectivity index (χ4v) is 4.06. The van der Waals surface area contributed by atoms with Gasteiger partial charge in [0.05, 0.1) is 22.3 Å². The molecule has 0 aliphatic carbocycles. The van der Waals surface area contributed by atoms with Crippen LogP contribution in [0.4, 0.5) is 13.2 Å². The van der Waals surface area contributed by atoms with E-state index in [1.54, 1.807) is 30.5 Å². The van der Waals surface area contributed by atoms with E-state index in [-0.39, 0.29) is 10.5 Å². The Bertz CT molecular complexity index is 1360. The molecule has 0 spiro atoms. The maximum atomic E-state index is 13.8. The first-order valence-corrected chi connectivity index (χ1v) is 10.9. The molecule has 4 rings (SSSR count). The number of fused-ring (bicyclic) bond motifs is 1. The fraction of sp³-hybridized carbons (Fsp3) is 0.136. The molecule has 0 bridgehead atoms. The van der Waals surface area contributed by atoms with Crippen LogP contribution in [0.15, 0.2) is 71.9 Å². The average molecular weight is 430 g/mol. The molecule has 0 unspecified atom stereocenters. The lowest BCUT2D eigenvalue weighted by molar-refractivity contribution is -0.136. The molecule has 2 aromatic heterocycles. The van der Waals surface area contributed by atoms with Gasteiger partial charge in [-0.25, -0.2) is 13.4 Å². The number of nitrogens with zero attached hydrogens (tertiary/aromatic N) is 2. The van der Waals surface area contributed by atoms with Crippen LogP contribution in [0, 0.1) is 6.92 Å². The van der Waals surface area contributed by atoms with E-state index in [0.29, 0.717) is 22.4 Å². The highest BCUT2D eigenvalue weighted by Crippen LogP contribution is 2.37. The van der Waals surface area contributed by atoms with Gasteiger partial charge in [-0.05, 0) is 41.8 Å². The number of hydrogen-bond acceptors (Lipinski definition) is 3. The summed E-state index contributed by atoms with van der Waals surface area (Å²) in [5.74, 6) is 0. The minimum Gasteiger partial charge on any atom is -0.299 e. The maximum absolute atomic E-state index is 13.8. The molecule has 0 N–H and O–H groups in total. The summed E-state index contributed by atoms with van der Waals surface area (Å²) in [5.41, 5.74) is 1.92. The number of halogens is 3. The molecule has 0 amide bonds. The number of aryl methyl sites for hydroxylation is 1. The summed E-state index contributed by atoms with van der Waals surface area (Å²) < 4.78 is 66.2. The molecule has 4 aromatic rings. The maximum Gasteiger partial charge on any atom is 0.420 e. The van der Waals surface area contributed by atoms with E-state index in [1.807, 2.05) is 19.1 Å². The summed E-state index contributed by atoms with van der Waals surface area (Å²) in [6, 6.07) is 14.3. The van der Waals surface area contributed by atoms with Gasteiger partial charge in [-0.1, -0.05) is 36.4 Å². The van der Waals surface area contributed by atoms with E-state index in [1.165, 1.54) is 22.7 Å². The SMILES string of the molecule is Cc1ccccc1-c1cc(C(F)(F)F)c2ncc(-c3ccc(S(C)(=O)=O)cc3)n2c1. The van der Waals surface area contributed by atoms with Crippen LogP contribution < -0.4 is 0 Å². The quantitative estimate of drug-likeness (QED) is 0.437. The Kier molecular flexibility index (Phi) is 4.69. The summed E-state index contributed by atoms with van der Waals surface area (Å²) in [5, 5.41) is 0. The third kappa shape index (κ3) is 3.59. The molecule has 0 saturated carbocycles. The van der Waals surface area contributed by atoms with Gasteiger partial charge in [-0.3, -0.25) is 4.40 Å². The van der Waals surface area contributed by atoms with Gasteiger partial charge in [0.25, 0.3) is 0 Å². The Morgan fingerprint density at radius 1 is 0.967 bits per heavy atom. The van der Waals surface area contributed by atoms with Gasteiger partial charge in [0.1, 0.15) is 5.65 Å². The lowest BCUT2D eigenvalue weighted by Gasteiger charge is -2.14. The second kappa shape index (κ2) is 6.98. The van der Waals surface area contributed by atoms with E-state index in [4.69, 9.17) is 0 Å². The number of imidazole rings is 1. The number of alkyl halides is 3. The van der Waals surface area contributed by atoms with Gasteiger partial charge in [0.15, 0.2) is 9.84 Å². The highest BCUT2D eigenvalue weighted by Gasteiger charge is 2.35. The van der Waals surface area contributed by atoms with Crippen molar-refractivity contribution in [2.24, 2.45) is 0 Å². The van der Waals surface area contributed by atoms with Crippen LogP contribution in [0.3, 0.4) is 0 Å². The van der Waals surface area contributed by atoms with Crippen molar-refractivity contribution in [2.75, 3.05) is 6.26 Å². The van der Waals surface area contributed by atoms with Crippen LogP contribution in [0.5, 0.6) is 0 Å². The molecule has 4 nitrogen and oxygen atoms in total. The van der Waals surface area contributed by atoms with Crippen LogP contribution in [0.1, 0.15) is 11.1 Å². The molecule has 0 saturated heterocycles. The van der Waals surface area contributed by atoms with Crippen molar-refractivity contribution in [3.05, 3.63) is 78.1 Å². The fourth-order valence-electron chi connectivity index (χ4n) is 3.43. The van der Waals surface area contributed by atoms with E-state index < -0.39 is 21.6 Å². The minimum atomic E-state index is -4.58. The smallest absolute Gasteiger partial charge is 0.299 e. The van der Waals surface area contributed by atoms with Crippen molar-refractivity contribution in [2.45, 2.75) is 18.0 Å². The number of hydrogen-bond donors (Lipinski definition) is 0. The number of aromatic nitrogens is 2. The van der Waals surface area contributed by atoms with Crippen LogP contribution >= 0.6 is 0 Å². The molecule has 0 aliphatic heterocycles. The first-order valence-electron chi connectivity index (χ1n) is 9.00. The Labute approximate surface area is 171 Å².